The van der Waals surface area contributed by atoms with E-state index in [4.69, 9.17) is 28.4 Å². The third kappa shape index (κ3) is 13.2. The van der Waals surface area contributed by atoms with E-state index in [1.165, 1.54) is 27.7 Å². The third-order valence-electron chi connectivity index (χ3n) is 8.04. The summed E-state index contributed by atoms with van der Waals surface area (Å²) in [6.45, 7) is 19.3. The van der Waals surface area contributed by atoms with Gasteiger partial charge in [-0.15, -0.1) is 0 Å². The molecule has 266 valence electrons. The summed E-state index contributed by atoms with van der Waals surface area (Å²) in [4.78, 5) is 72.4. The van der Waals surface area contributed by atoms with Gasteiger partial charge in [0.05, 0.1) is 0 Å². The number of carbonyl (C=O) groups excluding carboxylic acids is 6. The lowest BCUT2D eigenvalue weighted by Crippen LogP contribution is -2.38. The van der Waals surface area contributed by atoms with Gasteiger partial charge in [-0.1, -0.05) is 26.3 Å². The van der Waals surface area contributed by atoms with Crippen LogP contribution >= 0.6 is 0 Å². The molecule has 2 aliphatic carbocycles. The Labute approximate surface area is 281 Å². The van der Waals surface area contributed by atoms with Gasteiger partial charge in [-0.3, -0.25) is 0 Å². The minimum absolute atomic E-state index is 0.168. The van der Waals surface area contributed by atoms with Crippen molar-refractivity contribution >= 4 is 36.1 Å². The van der Waals surface area contributed by atoms with Crippen LogP contribution in [0.2, 0.25) is 0 Å². The molecule has 0 heterocycles. The van der Waals surface area contributed by atoms with Gasteiger partial charge < -0.3 is 39.1 Å². The van der Waals surface area contributed by atoms with Crippen LogP contribution in [0.4, 0.5) is 9.59 Å². The van der Waals surface area contributed by atoms with Gasteiger partial charge >= 0.3 is 36.1 Å². The van der Waals surface area contributed by atoms with Crippen LogP contribution in [-0.4, -0.2) is 87.8 Å². The molecular formula is C34H48N2O12. The fraction of sp³-hybridized carbons (Fsp3) is 0.588. The second kappa shape index (κ2) is 19.3. The lowest BCUT2D eigenvalue weighted by Gasteiger charge is -2.24. The molecule has 2 bridgehead atoms. The average Bonchev–Trinajstić information content (AvgIpc) is 3.57. The Hall–Kier alpha value is -4.62. The van der Waals surface area contributed by atoms with Gasteiger partial charge in [0.15, 0.2) is 12.2 Å². The molecule has 2 amide bonds. The van der Waals surface area contributed by atoms with Crippen LogP contribution in [0.3, 0.4) is 0 Å². The molecule has 0 spiro atoms. The van der Waals surface area contributed by atoms with Crippen LogP contribution in [0, 0.1) is 23.7 Å². The van der Waals surface area contributed by atoms with E-state index in [0.717, 1.165) is 19.3 Å². The summed E-state index contributed by atoms with van der Waals surface area (Å²) in [5.41, 5.74) is 0.673. The summed E-state index contributed by atoms with van der Waals surface area (Å²) in [6.07, 6.45) is 0.0732. The van der Waals surface area contributed by atoms with Crippen molar-refractivity contribution in [1.29, 1.82) is 0 Å². The van der Waals surface area contributed by atoms with Crippen LogP contribution in [0.25, 0.3) is 0 Å². The highest BCUT2D eigenvalue weighted by Crippen LogP contribution is 2.53. The van der Waals surface area contributed by atoms with Crippen LogP contribution < -0.4 is 10.6 Å². The van der Waals surface area contributed by atoms with E-state index in [1.54, 1.807) is 0 Å². The molecule has 14 heteroatoms. The van der Waals surface area contributed by atoms with Gasteiger partial charge in [0.25, 0.3) is 0 Å². The molecule has 2 N–H and O–H groups in total. The number of ether oxygens (including phenoxy) is 6. The predicted octanol–water partition coefficient (Wildman–Crippen LogP) is 3.71. The maximum absolute atomic E-state index is 12.6. The zero-order valence-electron chi connectivity index (χ0n) is 28.3. The number of hydrogen-bond acceptors (Lipinski definition) is 12. The Kier molecular flexibility index (Phi) is 15.9. The summed E-state index contributed by atoms with van der Waals surface area (Å²) in [5, 5.41) is 5.50. The highest BCUT2D eigenvalue weighted by Gasteiger charge is 2.47. The maximum atomic E-state index is 12.6. The molecule has 0 aromatic heterocycles. The lowest BCUT2D eigenvalue weighted by molar-refractivity contribution is -0.149. The number of nitrogens with one attached hydrogen (secondary N) is 2. The van der Waals surface area contributed by atoms with Crippen molar-refractivity contribution in [2.75, 3.05) is 39.5 Å². The van der Waals surface area contributed by atoms with Crippen molar-refractivity contribution in [3.05, 3.63) is 48.6 Å². The van der Waals surface area contributed by atoms with Crippen LogP contribution in [0.1, 0.15) is 53.4 Å². The van der Waals surface area contributed by atoms with Crippen molar-refractivity contribution in [2.45, 2.75) is 65.6 Å². The molecule has 0 aromatic rings. The van der Waals surface area contributed by atoms with Crippen molar-refractivity contribution in [1.82, 2.24) is 10.6 Å². The number of alkyl carbamates (subject to hydrolysis) is 2. The molecule has 4 unspecified atom stereocenters. The molecule has 2 saturated carbocycles. The topological polar surface area (TPSA) is 182 Å². The summed E-state index contributed by atoms with van der Waals surface area (Å²) >= 11 is 0. The molecule has 0 saturated heterocycles. The zero-order valence-corrected chi connectivity index (χ0v) is 28.3. The number of rotatable bonds is 19. The SMILES string of the molecule is C=C(C)C(=O)OCC(COC(=O)C(=C)C)OC(=O)NCCC1C2CCC1C(CNC(=O)OC(COC(=O)C(=C)C)COC(=O)C(=C)C)C2. The molecule has 0 aromatic carbocycles. The second-order valence-corrected chi connectivity index (χ2v) is 12.3. The highest BCUT2D eigenvalue weighted by atomic mass is 16.6. The summed E-state index contributed by atoms with van der Waals surface area (Å²) in [5.74, 6) is -1.39. The molecule has 2 rings (SSSR count). The van der Waals surface area contributed by atoms with Crippen LogP contribution in [-0.2, 0) is 47.6 Å². The Balaban J connectivity index is 1.84. The van der Waals surface area contributed by atoms with Gasteiger partial charge in [-0.2, -0.15) is 0 Å². The number of fused-ring (bicyclic) bond motifs is 2. The van der Waals surface area contributed by atoms with Gasteiger partial charge in [0.2, 0.25) is 0 Å². The molecule has 48 heavy (non-hydrogen) atoms. The monoisotopic (exact) mass is 676 g/mol. The molecule has 4 atom stereocenters. The first-order chi connectivity index (χ1) is 22.6. The maximum Gasteiger partial charge on any atom is 0.407 e. The second-order valence-electron chi connectivity index (χ2n) is 12.3. The average molecular weight is 677 g/mol. The van der Waals surface area contributed by atoms with E-state index in [-0.39, 0.29) is 54.6 Å². The van der Waals surface area contributed by atoms with Crippen molar-refractivity contribution < 1.29 is 57.2 Å². The standard InChI is InChI=1S/C34H48N2O12/c1-19(2)29(37)43-15-25(16-44-30(38)20(3)4)47-33(41)35-12-11-28-23-9-10-27(28)24(13-23)14-36-34(42)48-26(17-45-31(39)21(5)6)18-46-32(40)22(7)8/h23-28H,1,3,5,7,9-18H2,2,4,6,8H3,(H,35,41)(H,36,42). The quantitative estimate of drug-likeness (QED) is 0.115. The Morgan fingerprint density at radius 3 is 1.42 bits per heavy atom. The van der Waals surface area contributed by atoms with Crippen LogP contribution in [0.5, 0.6) is 0 Å². The fourth-order valence-corrected chi connectivity index (χ4v) is 5.65. The van der Waals surface area contributed by atoms with Crippen LogP contribution in [0.15, 0.2) is 48.6 Å². The van der Waals surface area contributed by atoms with E-state index >= 15 is 0 Å². The van der Waals surface area contributed by atoms with Gasteiger partial charge in [0.1, 0.15) is 26.4 Å². The van der Waals surface area contributed by atoms with Crippen molar-refractivity contribution in [3.8, 4) is 0 Å². The van der Waals surface area contributed by atoms with Gasteiger partial charge in [-0.25, -0.2) is 28.8 Å². The molecule has 2 aliphatic rings. The number of hydrogen-bond donors (Lipinski definition) is 2. The lowest BCUT2D eigenvalue weighted by atomic mass is 9.87. The first-order valence-electron chi connectivity index (χ1n) is 15.8. The third-order valence-corrected chi connectivity index (χ3v) is 8.04. The minimum atomic E-state index is -1.04. The van der Waals surface area contributed by atoms with E-state index in [0.29, 0.717) is 37.3 Å². The Morgan fingerprint density at radius 2 is 1.02 bits per heavy atom. The zero-order chi connectivity index (χ0) is 36.0. The molecular weight excluding hydrogens is 628 g/mol. The van der Waals surface area contributed by atoms with Gasteiger partial charge in [0, 0.05) is 35.4 Å². The normalized spacial score (nSPS) is 19.1. The van der Waals surface area contributed by atoms with E-state index in [1.807, 2.05) is 0 Å². The summed E-state index contributed by atoms with van der Waals surface area (Å²) < 4.78 is 31.1. The molecule has 2 fully saturated rings. The number of esters is 4. The van der Waals surface area contributed by atoms with Crippen molar-refractivity contribution in [2.24, 2.45) is 23.7 Å². The highest BCUT2D eigenvalue weighted by molar-refractivity contribution is 5.88. The van der Waals surface area contributed by atoms with E-state index < -0.39 is 48.3 Å². The predicted molar refractivity (Wildman–Crippen MR) is 172 cm³/mol. The summed E-state index contributed by atoms with van der Waals surface area (Å²) in [7, 11) is 0. The number of carbonyl (C=O) groups is 6. The van der Waals surface area contributed by atoms with E-state index in [2.05, 4.69) is 36.9 Å². The van der Waals surface area contributed by atoms with Gasteiger partial charge in [-0.05, 0) is 77.0 Å². The smallest absolute Gasteiger partial charge is 0.407 e. The molecule has 14 nitrogen and oxygen atoms in total. The summed E-state index contributed by atoms with van der Waals surface area (Å²) in [6, 6.07) is 0. The van der Waals surface area contributed by atoms with E-state index in [9.17, 15) is 28.8 Å². The van der Waals surface area contributed by atoms with Crippen molar-refractivity contribution in [3.63, 3.8) is 0 Å². The first-order valence-corrected chi connectivity index (χ1v) is 15.8. The largest absolute Gasteiger partial charge is 0.458 e. The Bertz CT molecular complexity index is 1210. The Morgan fingerprint density at radius 1 is 0.625 bits per heavy atom. The molecule has 0 radical (unpaired) electrons. The molecule has 0 aliphatic heterocycles. The fourth-order valence-electron chi connectivity index (χ4n) is 5.65. The first kappa shape index (κ1) is 39.6. The minimum Gasteiger partial charge on any atom is -0.458 e. The number of amides is 2.